The van der Waals surface area contributed by atoms with E-state index < -0.39 is 5.91 Å². The summed E-state index contributed by atoms with van der Waals surface area (Å²) in [5.41, 5.74) is 14.6. The summed E-state index contributed by atoms with van der Waals surface area (Å²) in [6.07, 6.45) is 0. The molecule has 3 rings (SSSR count). The molecule has 2 amide bonds. The van der Waals surface area contributed by atoms with Gasteiger partial charge in [-0.2, -0.15) is 0 Å². The number of hydrogen-bond donors (Lipinski definition) is 2. The number of primary amides is 1. The van der Waals surface area contributed by atoms with E-state index in [0.29, 0.717) is 29.9 Å². The molecule has 0 aromatic heterocycles. The Hall–Kier alpha value is -2.82. The van der Waals surface area contributed by atoms with Crippen molar-refractivity contribution in [1.29, 1.82) is 0 Å². The van der Waals surface area contributed by atoms with E-state index in [4.69, 9.17) is 11.5 Å². The molecule has 1 heterocycles. The first-order chi connectivity index (χ1) is 10.0. The maximum absolute atomic E-state index is 12.3. The standard InChI is InChI=1S/C16H15N3O2/c17-13-6-5-12-9-19(16(21)14(12)7-13)8-10-1-3-11(4-2-10)15(18)20/h1-7H,8-9,17H2,(H2,18,20). The summed E-state index contributed by atoms with van der Waals surface area (Å²) in [6.45, 7) is 1.07. The predicted molar refractivity (Wildman–Crippen MR) is 79.4 cm³/mol. The SMILES string of the molecule is NC(=O)c1ccc(CN2Cc3ccc(N)cc3C2=O)cc1. The minimum atomic E-state index is -0.457. The first-order valence-electron chi connectivity index (χ1n) is 6.61. The molecule has 0 radical (unpaired) electrons. The van der Waals surface area contributed by atoms with Gasteiger partial charge in [0.05, 0.1) is 0 Å². The van der Waals surface area contributed by atoms with E-state index in [-0.39, 0.29) is 5.91 Å². The lowest BCUT2D eigenvalue weighted by atomic mass is 10.1. The van der Waals surface area contributed by atoms with Gasteiger partial charge < -0.3 is 16.4 Å². The molecule has 0 unspecified atom stereocenters. The third-order valence-corrected chi connectivity index (χ3v) is 3.62. The quantitative estimate of drug-likeness (QED) is 0.836. The van der Waals surface area contributed by atoms with E-state index in [2.05, 4.69) is 0 Å². The van der Waals surface area contributed by atoms with Gasteiger partial charge in [0, 0.05) is 29.9 Å². The molecule has 21 heavy (non-hydrogen) atoms. The van der Waals surface area contributed by atoms with Crippen molar-refractivity contribution < 1.29 is 9.59 Å². The number of nitrogens with zero attached hydrogens (tertiary/aromatic N) is 1. The molecule has 106 valence electrons. The highest BCUT2D eigenvalue weighted by molar-refractivity contribution is 5.99. The number of anilines is 1. The van der Waals surface area contributed by atoms with Gasteiger partial charge in [-0.15, -0.1) is 0 Å². The van der Waals surface area contributed by atoms with Gasteiger partial charge in [-0.05, 0) is 35.4 Å². The first kappa shape index (κ1) is 13.2. The molecule has 5 heteroatoms. The van der Waals surface area contributed by atoms with E-state index in [0.717, 1.165) is 11.1 Å². The lowest BCUT2D eigenvalue weighted by molar-refractivity contribution is 0.0766. The molecular formula is C16H15N3O2. The second kappa shape index (κ2) is 4.94. The molecule has 5 nitrogen and oxygen atoms in total. The van der Waals surface area contributed by atoms with E-state index in [1.165, 1.54) is 0 Å². The second-order valence-corrected chi connectivity index (χ2v) is 5.14. The van der Waals surface area contributed by atoms with Gasteiger partial charge in [0.1, 0.15) is 0 Å². The maximum atomic E-state index is 12.3. The maximum Gasteiger partial charge on any atom is 0.254 e. The Bertz CT molecular complexity index is 723. The lowest BCUT2D eigenvalue weighted by Crippen LogP contribution is -2.23. The summed E-state index contributed by atoms with van der Waals surface area (Å²) >= 11 is 0. The van der Waals surface area contributed by atoms with Crippen molar-refractivity contribution >= 4 is 17.5 Å². The van der Waals surface area contributed by atoms with Crippen molar-refractivity contribution in [3.05, 3.63) is 64.7 Å². The van der Waals surface area contributed by atoms with Crippen LogP contribution in [0.25, 0.3) is 0 Å². The Morgan fingerprint density at radius 2 is 1.86 bits per heavy atom. The summed E-state index contributed by atoms with van der Waals surface area (Å²) < 4.78 is 0. The number of benzene rings is 2. The molecule has 0 spiro atoms. The number of carbonyl (C=O) groups excluding carboxylic acids is 2. The molecule has 0 aliphatic carbocycles. The van der Waals surface area contributed by atoms with Crippen LogP contribution in [0.4, 0.5) is 5.69 Å². The van der Waals surface area contributed by atoms with Crippen LogP contribution in [0.2, 0.25) is 0 Å². The topological polar surface area (TPSA) is 89.4 Å². The molecule has 0 fully saturated rings. The highest BCUT2D eigenvalue weighted by Crippen LogP contribution is 2.26. The van der Waals surface area contributed by atoms with Crippen molar-refractivity contribution in [3.63, 3.8) is 0 Å². The van der Waals surface area contributed by atoms with Crippen molar-refractivity contribution in [2.24, 2.45) is 5.73 Å². The van der Waals surface area contributed by atoms with E-state index in [1.54, 1.807) is 29.2 Å². The summed E-state index contributed by atoms with van der Waals surface area (Å²) in [7, 11) is 0. The van der Waals surface area contributed by atoms with Crippen molar-refractivity contribution in [2.75, 3.05) is 5.73 Å². The number of nitrogens with two attached hydrogens (primary N) is 2. The third kappa shape index (κ3) is 2.45. The summed E-state index contributed by atoms with van der Waals surface area (Å²) in [5, 5.41) is 0. The second-order valence-electron chi connectivity index (χ2n) is 5.14. The minimum Gasteiger partial charge on any atom is -0.399 e. The molecule has 2 aromatic carbocycles. The molecule has 1 aliphatic heterocycles. The average Bonchev–Trinajstić information content (AvgIpc) is 2.76. The average molecular weight is 281 g/mol. The van der Waals surface area contributed by atoms with Crippen LogP contribution < -0.4 is 11.5 Å². The Morgan fingerprint density at radius 1 is 1.14 bits per heavy atom. The Balaban J connectivity index is 1.78. The van der Waals surface area contributed by atoms with Crippen LogP contribution in [0.1, 0.15) is 31.8 Å². The molecule has 0 saturated heterocycles. The number of carbonyl (C=O) groups is 2. The normalized spacial score (nSPS) is 13.3. The van der Waals surface area contributed by atoms with Crippen LogP contribution in [0, 0.1) is 0 Å². The number of rotatable bonds is 3. The van der Waals surface area contributed by atoms with Crippen LogP contribution in [0.5, 0.6) is 0 Å². The van der Waals surface area contributed by atoms with Crippen LogP contribution in [0.15, 0.2) is 42.5 Å². The molecule has 0 saturated carbocycles. The number of amides is 2. The van der Waals surface area contributed by atoms with Crippen LogP contribution in [0.3, 0.4) is 0 Å². The van der Waals surface area contributed by atoms with Crippen LogP contribution >= 0.6 is 0 Å². The zero-order valence-electron chi connectivity index (χ0n) is 11.4. The highest BCUT2D eigenvalue weighted by Gasteiger charge is 2.27. The fourth-order valence-corrected chi connectivity index (χ4v) is 2.50. The monoisotopic (exact) mass is 281 g/mol. The Labute approximate surface area is 122 Å². The van der Waals surface area contributed by atoms with Crippen LogP contribution in [-0.2, 0) is 13.1 Å². The summed E-state index contributed by atoms with van der Waals surface area (Å²) in [6, 6.07) is 12.4. The van der Waals surface area contributed by atoms with E-state index in [1.807, 2.05) is 18.2 Å². The highest BCUT2D eigenvalue weighted by atomic mass is 16.2. The fraction of sp³-hybridized carbons (Fsp3) is 0.125. The van der Waals surface area contributed by atoms with Gasteiger partial charge in [-0.1, -0.05) is 18.2 Å². The van der Waals surface area contributed by atoms with Gasteiger partial charge in [-0.25, -0.2) is 0 Å². The largest absolute Gasteiger partial charge is 0.399 e. The summed E-state index contributed by atoms with van der Waals surface area (Å²) in [4.78, 5) is 25.1. The molecule has 0 bridgehead atoms. The van der Waals surface area contributed by atoms with E-state index >= 15 is 0 Å². The van der Waals surface area contributed by atoms with Crippen molar-refractivity contribution in [2.45, 2.75) is 13.1 Å². The first-order valence-corrected chi connectivity index (χ1v) is 6.61. The van der Waals surface area contributed by atoms with Crippen molar-refractivity contribution in [3.8, 4) is 0 Å². The van der Waals surface area contributed by atoms with Gasteiger partial charge in [0.2, 0.25) is 5.91 Å². The lowest BCUT2D eigenvalue weighted by Gasteiger charge is -2.15. The van der Waals surface area contributed by atoms with Crippen molar-refractivity contribution in [1.82, 2.24) is 4.90 Å². The summed E-state index contributed by atoms with van der Waals surface area (Å²) in [5.74, 6) is -0.474. The molecule has 1 aliphatic rings. The molecule has 4 N–H and O–H groups in total. The van der Waals surface area contributed by atoms with E-state index in [9.17, 15) is 9.59 Å². The van der Waals surface area contributed by atoms with Gasteiger partial charge in [-0.3, -0.25) is 9.59 Å². The number of hydrogen-bond acceptors (Lipinski definition) is 3. The van der Waals surface area contributed by atoms with Gasteiger partial charge in [0.15, 0.2) is 0 Å². The van der Waals surface area contributed by atoms with Gasteiger partial charge in [0.25, 0.3) is 5.91 Å². The number of fused-ring (bicyclic) bond motifs is 1. The molecule has 2 aromatic rings. The fourth-order valence-electron chi connectivity index (χ4n) is 2.50. The zero-order valence-corrected chi connectivity index (χ0v) is 11.4. The molecular weight excluding hydrogens is 266 g/mol. The van der Waals surface area contributed by atoms with Crippen LogP contribution in [-0.4, -0.2) is 16.7 Å². The third-order valence-electron chi connectivity index (χ3n) is 3.62. The zero-order chi connectivity index (χ0) is 15.0. The molecule has 0 atom stereocenters. The predicted octanol–water partition coefficient (Wildman–Crippen LogP) is 1.52. The minimum absolute atomic E-state index is 0.0173. The van der Waals surface area contributed by atoms with Gasteiger partial charge >= 0.3 is 0 Å². The smallest absolute Gasteiger partial charge is 0.254 e. The Morgan fingerprint density at radius 3 is 2.52 bits per heavy atom. The Kier molecular flexibility index (Phi) is 3.10. The number of nitrogen functional groups attached to an aromatic ring is 1.